The maximum atomic E-state index is 12.0. The van der Waals surface area contributed by atoms with Crippen LogP contribution in [0.1, 0.15) is 31.2 Å². The number of nitrogens with zero attached hydrogens (tertiary/aromatic N) is 3. The minimum Gasteiger partial charge on any atom is -0.494 e. The first-order chi connectivity index (χ1) is 13.2. The molecule has 3 aromatic rings. The molecule has 0 aliphatic rings. The van der Waals surface area contributed by atoms with Crippen LogP contribution in [-0.4, -0.2) is 27.6 Å². The lowest BCUT2D eigenvalue weighted by molar-refractivity contribution is -0.121. The van der Waals surface area contributed by atoms with Crippen LogP contribution < -0.4 is 10.1 Å². The van der Waals surface area contributed by atoms with Gasteiger partial charge in [-0.05, 0) is 36.2 Å². The van der Waals surface area contributed by atoms with E-state index in [2.05, 4.69) is 27.4 Å². The monoisotopic (exact) mass is 366 g/mol. The van der Waals surface area contributed by atoms with Gasteiger partial charge in [0.05, 0.1) is 6.61 Å². The third-order valence-corrected chi connectivity index (χ3v) is 3.81. The summed E-state index contributed by atoms with van der Waals surface area (Å²) in [4.78, 5) is 20.5. The van der Waals surface area contributed by atoms with Crippen LogP contribution in [0.5, 0.6) is 5.75 Å². The molecule has 0 aliphatic carbocycles. The van der Waals surface area contributed by atoms with Crippen molar-refractivity contribution in [1.82, 2.24) is 20.4 Å². The Morgan fingerprint density at radius 3 is 2.78 bits per heavy atom. The molecule has 0 atom stereocenters. The highest BCUT2D eigenvalue weighted by molar-refractivity contribution is 5.76. The average molecular weight is 366 g/mol. The van der Waals surface area contributed by atoms with Crippen molar-refractivity contribution in [2.75, 3.05) is 6.61 Å². The van der Waals surface area contributed by atoms with Gasteiger partial charge in [0.1, 0.15) is 11.4 Å². The van der Waals surface area contributed by atoms with Gasteiger partial charge < -0.3 is 14.6 Å². The fourth-order valence-electron chi connectivity index (χ4n) is 2.39. The molecule has 1 amide bonds. The van der Waals surface area contributed by atoms with Gasteiger partial charge in [-0.25, -0.2) is 0 Å². The van der Waals surface area contributed by atoms with Gasteiger partial charge in [-0.15, -0.1) is 0 Å². The first-order valence-electron chi connectivity index (χ1n) is 8.97. The van der Waals surface area contributed by atoms with Gasteiger partial charge in [0.25, 0.3) is 0 Å². The molecule has 7 heteroatoms. The predicted molar refractivity (Wildman–Crippen MR) is 99.9 cm³/mol. The zero-order valence-corrected chi connectivity index (χ0v) is 15.2. The van der Waals surface area contributed by atoms with Crippen LogP contribution in [0.15, 0.2) is 53.2 Å². The molecular weight excluding hydrogens is 344 g/mol. The van der Waals surface area contributed by atoms with E-state index in [1.54, 1.807) is 12.3 Å². The fraction of sp³-hybridized carbons (Fsp3) is 0.300. The van der Waals surface area contributed by atoms with Crippen molar-refractivity contribution in [1.29, 1.82) is 0 Å². The summed E-state index contributed by atoms with van der Waals surface area (Å²) < 4.78 is 10.7. The molecule has 0 fully saturated rings. The Hall–Kier alpha value is -3.22. The van der Waals surface area contributed by atoms with Gasteiger partial charge in [-0.3, -0.25) is 9.78 Å². The van der Waals surface area contributed by atoms with Crippen molar-refractivity contribution < 1.29 is 14.1 Å². The van der Waals surface area contributed by atoms with Crippen LogP contribution in [-0.2, 0) is 17.8 Å². The highest BCUT2D eigenvalue weighted by atomic mass is 16.5. The molecule has 2 heterocycles. The van der Waals surface area contributed by atoms with Gasteiger partial charge in [0.15, 0.2) is 0 Å². The second kappa shape index (κ2) is 9.47. The van der Waals surface area contributed by atoms with E-state index in [0.29, 0.717) is 37.0 Å². The summed E-state index contributed by atoms with van der Waals surface area (Å²) in [5.74, 6) is 1.62. The number of amides is 1. The van der Waals surface area contributed by atoms with Crippen LogP contribution in [0.2, 0.25) is 0 Å². The SMILES string of the molecule is CCCOc1ccc(CNC(=O)CCc2nc(-c3ccccn3)no2)cc1. The highest BCUT2D eigenvalue weighted by Crippen LogP contribution is 2.14. The van der Waals surface area contributed by atoms with Gasteiger partial charge >= 0.3 is 0 Å². The number of rotatable bonds is 9. The molecule has 0 radical (unpaired) electrons. The summed E-state index contributed by atoms with van der Waals surface area (Å²) >= 11 is 0. The first-order valence-corrected chi connectivity index (χ1v) is 8.97. The van der Waals surface area contributed by atoms with E-state index in [-0.39, 0.29) is 12.3 Å². The molecule has 3 rings (SSSR count). The van der Waals surface area contributed by atoms with Crippen LogP contribution in [0.25, 0.3) is 11.5 Å². The van der Waals surface area contributed by atoms with Crippen LogP contribution in [0.4, 0.5) is 0 Å². The number of benzene rings is 1. The van der Waals surface area contributed by atoms with Crippen LogP contribution in [0, 0.1) is 0 Å². The Labute approximate surface area is 157 Å². The molecule has 27 heavy (non-hydrogen) atoms. The van der Waals surface area contributed by atoms with Crippen LogP contribution >= 0.6 is 0 Å². The lowest BCUT2D eigenvalue weighted by Crippen LogP contribution is -2.23. The number of ether oxygens (including phenoxy) is 1. The largest absolute Gasteiger partial charge is 0.494 e. The Bertz CT molecular complexity index is 847. The molecule has 7 nitrogen and oxygen atoms in total. The lowest BCUT2D eigenvalue weighted by atomic mass is 10.2. The molecule has 0 bridgehead atoms. The number of nitrogens with one attached hydrogen (secondary N) is 1. The van der Waals surface area contributed by atoms with E-state index in [4.69, 9.17) is 9.26 Å². The molecule has 0 spiro atoms. The van der Waals surface area contributed by atoms with Crippen molar-refractivity contribution in [3.63, 3.8) is 0 Å². The fourth-order valence-corrected chi connectivity index (χ4v) is 2.39. The summed E-state index contributed by atoms with van der Waals surface area (Å²) in [6.45, 7) is 3.24. The number of hydrogen-bond acceptors (Lipinski definition) is 6. The highest BCUT2D eigenvalue weighted by Gasteiger charge is 2.11. The lowest BCUT2D eigenvalue weighted by Gasteiger charge is -2.07. The van der Waals surface area contributed by atoms with Crippen molar-refractivity contribution in [2.24, 2.45) is 0 Å². The summed E-state index contributed by atoms with van der Waals surface area (Å²) in [6.07, 6.45) is 3.31. The minimum atomic E-state index is -0.0705. The molecule has 1 N–H and O–H groups in total. The maximum absolute atomic E-state index is 12.0. The Kier molecular flexibility index (Phi) is 6.51. The summed E-state index contributed by atoms with van der Waals surface area (Å²) in [5, 5.41) is 6.78. The minimum absolute atomic E-state index is 0.0705. The maximum Gasteiger partial charge on any atom is 0.227 e. The zero-order chi connectivity index (χ0) is 18.9. The first kappa shape index (κ1) is 18.6. The zero-order valence-electron chi connectivity index (χ0n) is 15.2. The Morgan fingerprint density at radius 1 is 1.19 bits per heavy atom. The Balaban J connectivity index is 1.43. The Morgan fingerprint density at radius 2 is 2.04 bits per heavy atom. The van der Waals surface area contributed by atoms with Crippen molar-refractivity contribution in [3.05, 3.63) is 60.1 Å². The van der Waals surface area contributed by atoms with Gasteiger partial charge in [0, 0.05) is 25.6 Å². The third kappa shape index (κ3) is 5.64. The van der Waals surface area contributed by atoms with Crippen LogP contribution in [0.3, 0.4) is 0 Å². The van der Waals surface area contributed by atoms with Crippen molar-refractivity contribution >= 4 is 5.91 Å². The van der Waals surface area contributed by atoms with Crippen molar-refractivity contribution in [2.45, 2.75) is 32.7 Å². The van der Waals surface area contributed by atoms with E-state index in [1.165, 1.54) is 0 Å². The topological polar surface area (TPSA) is 90.1 Å². The number of aryl methyl sites for hydroxylation is 1. The van der Waals surface area contributed by atoms with E-state index >= 15 is 0 Å². The van der Waals surface area contributed by atoms with E-state index in [1.807, 2.05) is 36.4 Å². The van der Waals surface area contributed by atoms with Crippen molar-refractivity contribution in [3.8, 4) is 17.3 Å². The number of carbonyl (C=O) groups is 1. The third-order valence-electron chi connectivity index (χ3n) is 3.81. The smallest absolute Gasteiger partial charge is 0.227 e. The summed E-state index contributed by atoms with van der Waals surface area (Å²) in [5.41, 5.74) is 1.66. The van der Waals surface area contributed by atoms with Gasteiger partial charge in [-0.1, -0.05) is 30.3 Å². The second-order valence-corrected chi connectivity index (χ2v) is 6.00. The quantitative estimate of drug-likeness (QED) is 0.625. The van der Waals surface area contributed by atoms with E-state index in [0.717, 1.165) is 17.7 Å². The molecule has 0 aliphatic heterocycles. The second-order valence-electron chi connectivity index (χ2n) is 6.00. The number of pyridine rings is 1. The molecule has 0 saturated heterocycles. The number of aromatic nitrogens is 3. The normalized spacial score (nSPS) is 10.6. The summed E-state index contributed by atoms with van der Waals surface area (Å²) in [6, 6.07) is 13.2. The molecule has 0 saturated carbocycles. The molecular formula is C20H22N4O3. The molecule has 0 unspecified atom stereocenters. The van der Waals surface area contributed by atoms with E-state index in [9.17, 15) is 4.79 Å². The van der Waals surface area contributed by atoms with Gasteiger partial charge in [-0.2, -0.15) is 4.98 Å². The van der Waals surface area contributed by atoms with Gasteiger partial charge in [0.2, 0.25) is 17.6 Å². The summed E-state index contributed by atoms with van der Waals surface area (Å²) in [7, 11) is 0. The molecule has 140 valence electrons. The molecule has 1 aromatic carbocycles. The van der Waals surface area contributed by atoms with E-state index < -0.39 is 0 Å². The molecule has 2 aromatic heterocycles. The average Bonchev–Trinajstić information content (AvgIpc) is 3.20. The standard InChI is InChI=1S/C20H22N4O3/c1-2-13-26-16-8-6-15(7-9-16)14-22-18(25)10-11-19-23-20(24-27-19)17-5-3-4-12-21-17/h3-9,12H,2,10-11,13-14H2,1H3,(H,22,25). The predicted octanol–water partition coefficient (Wildman–Crippen LogP) is 3.17. The number of hydrogen-bond donors (Lipinski definition) is 1. The number of carbonyl (C=O) groups excluding carboxylic acids is 1.